The molecule has 0 amide bonds. The molecule has 1 aromatic carbocycles. The van der Waals surface area contributed by atoms with Gasteiger partial charge in [0.1, 0.15) is 0 Å². The van der Waals surface area contributed by atoms with Gasteiger partial charge in [-0.1, -0.05) is 18.2 Å². The third-order valence-electron chi connectivity index (χ3n) is 4.17. The third kappa shape index (κ3) is 2.69. The van der Waals surface area contributed by atoms with Crippen LogP contribution in [0.15, 0.2) is 48.8 Å². The molecular weight excluding hydrogens is 278 g/mol. The van der Waals surface area contributed by atoms with Crippen molar-refractivity contribution >= 4 is 26.4 Å². The summed E-state index contributed by atoms with van der Waals surface area (Å²) in [5.41, 5.74) is 1.38. The molecule has 0 radical (unpaired) electrons. The lowest BCUT2D eigenvalue weighted by molar-refractivity contribution is 0.250. The van der Waals surface area contributed by atoms with Crippen molar-refractivity contribution in [1.82, 2.24) is 9.88 Å². The van der Waals surface area contributed by atoms with Gasteiger partial charge in [0.05, 0.1) is 5.00 Å². The topological polar surface area (TPSA) is 22.3 Å². The van der Waals surface area contributed by atoms with E-state index in [1.807, 2.05) is 17.5 Å². The van der Waals surface area contributed by atoms with Crippen molar-refractivity contribution in [2.75, 3.05) is 31.1 Å². The first-order valence-electron chi connectivity index (χ1n) is 7.46. The Hall–Kier alpha value is -1.78. The quantitative estimate of drug-likeness (QED) is 0.798. The Bertz CT molecular complexity index is 676. The molecular formula is C17H19N3S. The monoisotopic (exact) mass is 297 g/mol. The number of rotatable bonds is 3. The molecule has 0 bridgehead atoms. The second-order valence-electron chi connectivity index (χ2n) is 5.60. The summed E-state index contributed by atoms with van der Waals surface area (Å²) in [6.07, 6.45) is 4.10. The number of anilines is 1. The van der Waals surface area contributed by atoms with E-state index < -0.39 is 0 Å². The second kappa shape index (κ2) is 5.54. The third-order valence-corrected chi connectivity index (χ3v) is 5.34. The van der Waals surface area contributed by atoms with Crippen LogP contribution in [0.5, 0.6) is 0 Å². The Morgan fingerprint density at radius 1 is 1.05 bits per heavy atom. The van der Waals surface area contributed by atoms with Gasteiger partial charge >= 0.3 is 0 Å². The van der Waals surface area contributed by atoms with Gasteiger partial charge in [-0.25, -0.2) is 0 Å². The zero-order chi connectivity index (χ0) is 14.1. The Balaban J connectivity index is 1.42. The first-order valence-corrected chi connectivity index (χ1v) is 8.28. The maximum absolute atomic E-state index is 3.13. The number of hydrogen-bond donors (Lipinski definition) is 1. The van der Waals surface area contributed by atoms with Gasteiger partial charge in [0.15, 0.2) is 0 Å². The number of nitrogens with one attached hydrogen (secondary N) is 1. The zero-order valence-corrected chi connectivity index (χ0v) is 12.8. The van der Waals surface area contributed by atoms with Crippen LogP contribution in [0.3, 0.4) is 0 Å². The molecule has 4 heteroatoms. The van der Waals surface area contributed by atoms with Crippen molar-refractivity contribution < 1.29 is 0 Å². The number of H-pyrrole nitrogens is 1. The number of piperazine rings is 1. The second-order valence-corrected chi connectivity index (χ2v) is 6.67. The summed E-state index contributed by atoms with van der Waals surface area (Å²) in [7, 11) is 0. The molecule has 0 saturated carbocycles. The Kier molecular flexibility index (Phi) is 3.41. The standard InChI is InChI=1S/C17H19N3S/c1-2-4-16-15(3-1)11-17(21-16)20-9-7-19(8-10-20)13-14-5-6-18-12-14/h1-6,11-12,18H,7-10,13H2. The summed E-state index contributed by atoms with van der Waals surface area (Å²) in [5, 5.41) is 2.78. The van der Waals surface area contributed by atoms with Crippen LogP contribution in [0, 0.1) is 0 Å². The van der Waals surface area contributed by atoms with Gasteiger partial charge in [0, 0.05) is 49.8 Å². The molecule has 4 rings (SSSR count). The van der Waals surface area contributed by atoms with Gasteiger partial charge in [-0.2, -0.15) is 0 Å². The number of aromatic amines is 1. The van der Waals surface area contributed by atoms with Gasteiger partial charge in [0.2, 0.25) is 0 Å². The summed E-state index contributed by atoms with van der Waals surface area (Å²) in [4.78, 5) is 8.19. The van der Waals surface area contributed by atoms with Gasteiger partial charge in [-0.3, -0.25) is 4.90 Å². The van der Waals surface area contributed by atoms with E-state index in [9.17, 15) is 0 Å². The molecule has 1 aliphatic heterocycles. The fraction of sp³-hybridized carbons (Fsp3) is 0.294. The minimum absolute atomic E-state index is 1.06. The average molecular weight is 297 g/mol. The molecule has 3 heterocycles. The molecule has 1 aliphatic rings. The van der Waals surface area contributed by atoms with Crippen molar-refractivity contribution in [3.63, 3.8) is 0 Å². The molecule has 3 nitrogen and oxygen atoms in total. The smallest absolute Gasteiger partial charge is 0.0921 e. The predicted octanol–water partition coefficient (Wildman–Crippen LogP) is 3.55. The largest absolute Gasteiger partial charge is 0.367 e. The fourth-order valence-corrected chi connectivity index (χ4v) is 4.08. The van der Waals surface area contributed by atoms with Crippen LogP contribution in [0.1, 0.15) is 5.56 Å². The van der Waals surface area contributed by atoms with Crippen LogP contribution >= 0.6 is 11.3 Å². The lowest BCUT2D eigenvalue weighted by Crippen LogP contribution is -2.45. The van der Waals surface area contributed by atoms with Gasteiger partial charge in [-0.15, -0.1) is 11.3 Å². The number of hydrogen-bond acceptors (Lipinski definition) is 3. The average Bonchev–Trinajstić information content (AvgIpc) is 3.16. The molecule has 3 aromatic rings. The molecule has 0 spiro atoms. The summed E-state index contributed by atoms with van der Waals surface area (Å²) in [5.74, 6) is 0. The van der Waals surface area contributed by atoms with E-state index in [2.05, 4.69) is 57.4 Å². The highest BCUT2D eigenvalue weighted by atomic mass is 32.1. The maximum Gasteiger partial charge on any atom is 0.0921 e. The highest BCUT2D eigenvalue weighted by molar-refractivity contribution is 7.22. The van der Waals surface area contributed by atoms with E-state index in [1.54, 1.807) is 0 Å². The van der Waals surface area contributed by atoms with E-state index >= 15 is 0 Å². The lowest BCUT2D eigenvalue weighted by atomic mass is 10.2. The van der Waals surface area contributed by atoms with Crippen molar-refractivity contribution in [2.24, 2.45) is 0 Å². The van der Waals surface area contributed by atoms with E-state index in [0.717, 1.165) is 32.7 Å². The summed E-state index contributed by atoms with van der Waals surface area (Å²) >= 11 is 1.91. The van der Waals surface area contributed by atoms with Crippen LogP contribution in [-0.4, -0.2) is 36.1 Å². The maximum atomic E-state index is 3.13. The van der Waals surface area contributed by atoms with Crippen molar-refractivity contribution in [1.29, 1.82) is 0 Å². The Labute approximate surface area is 128 Å². The number of benzene rings is 1. The Morgan fingerprint density at radius 3 is 2.67 bits per heavy atom. The van der Waals surface area contributed by atoms with Crippen LogP contribution in [0.2, 0.25) is 0 Å². The van der Waals surface area contributed by atoms with Crippen LogP contribution in [-0.2, 0) is 6.54 Å². The van der Waals surface area contributed by atoms with E-state index in [-0.39, 0.29) is 0 Å². The minimum Gasteiger partial charge on any atom is -0.367 e. The SMILES string of the molecule is c1ccc2sc(N3CCN(Cc4cc[nH]c4)CC3)cc2c1. The highest BCUT2D eigenvalue weighted by Crippen LogP contribution is 2.32. The fourth-order valence-electron chi connectivity index (χ4n) is 2.97. The normalized spacial score (nSPS) is 16.7. The summed E-state index contributed by atoms with van der Waals surface area (Å²) in [6.45, 7) is 5.58. The summed E-state index contributed by atoms with van der Waals surface area (Å²) < 4.78 is 1.39. The highest BCUT2D eigenvalue weighted by Gasteiger charge is 2.18. The number of nitrogens with zero attached hydrogens (tertiary/aromatic N) is 2. The predicted molar refractivity (Wildman–Crippen MR) is 90.1 cm³/mol. The molecule has 1 fully saturated rings. The van der Waals surface area contributed by atoms with Crippen molar-refractivity contribution in [2.45, 2.75) is 6.54 Å². The van der Waals surface area contributed by atoms with Gasteiger partial charge in [-0.05, 0) is 29.1 Å². The molecule has 1 saturated heterocycles. The number of thiophene rings is 1. The van der Waals surface area contributed by atoms with Crippen molar-refractivity contribution in [3.8, 4) is 0 Å². The van der Waals surface area contributed by atoms with E-state index in [1.165, 1.54) is 20.7 Å². The molecule has 0 atom stereocenters. The minimum atomic E-state index is 1.06. The van der Waals surface area contributed by atoms with Gasteiger partial charge in [0.25, 0.3) is 0 Å². The molecule has 108 valence electrons. The van der Waals surface area contributed by atoms with Gasteiger partial charge < -0.3 is 9.88 Å². The molecule has 1 N–H and O–H groups in total. The van der Waals surface area contributed by atoms with Crippen LogP contribution in [0.4, 0.5) is 5.00 Å². The van der Waals surface area contributed by atoms with E-state index in [0.29, 0.717) is 0 Å². The molecule has 21 heavy (non-hydrogen) atoms. The first-order chi connectivity index (χ1) is 10.4. The lowest BCUT2D eigenvalue weighted by Gasteiger charge is -2.35. The number of aromatic nitrogens is 1. The summed E-state index contributed by atoms with van der Waals surface area (Å²) in [6, 6.07) is 13.2. The molecule has 0 unspecified atom stereocenters. The number of fused-ring (bicyclic) bond motifs is 1. The Morgan fingerprint density at radius 2 is 1.90 bits per heavy atom. The molecule has 2 aromatic heterocycles. The van der Waals surface area contributed by atoms with Crippen LogP contribution in [0.25, 0.3) is 10.1 Å². The van der Waals surface area contributed by atoms with Crippen LogP contribution < -0.4 is 4.90 Å². The van der Waals surface area contributed by atoms with Crippen molar-refractivity contribution in [3.05, 3.63) is 54.4 Å². The van der Waals surface area contributed by atoms with E-state index in [4.69, 9.17) is 0 Å². The molecule has 0 aliphatic carbocycles. The first kappa shape index (κ1) is 12.9. The zero-order valence-electron chi connectivity index (χ0n) is 12.0.